The number of hydrogen-bond acceptors (Lipinski definition) is 3. The molecule has 0 N–H and O–H groups in total. The minimum absolute atomic E-state index is 0.312. The molecule has 14 heavy (non-hydrogen) atoms. The molecule has 0 unspecified atom stereocenters. The van der Waals surface area contributed by atoms with Crippen LogP contribution < -0.4 is 0 Å². The van der Waals surface area contributed by atoms with Crippen LogP contribution in [0.1, 0.15) is 18.6 Å². The van der Waals surface area contributed by atoms with E-state index in [2.05, 4.69) is 27.3 Å². The standard InChI is InChI=1S/C10H11IO2S/c1-3-14-7-4-5-9(11)8(6-7)10(12)13-2/h4-6H,3H2,1-2H3/i1T. The van der Waals surface area contributed by atoms with Crippen LogP contribution in [0.15, 0.2) is 23.1 Å². The van der Waals surface area contributed by atoms with Crippen LogP contribution in [0.2, 0.25) is 0 Å². The van der Waals surface area contributed by atoms with Crippen LogP contribution in [0, 0.1) is 3.57 Å². The molecule has 0 saturated heterocycles. The zero-order valence-electron chi connectivity index (χ0n) is 8.75. The van der Waals surface area contributed by atoms with Gasteiger partial charge in [0.2, 0.25) is 0 Å². The largest absolute Gasteiger partial charge is 0.465 e. The van der Waals surface area contributed by atoms with Gasteiger partial charge < -0.3 is 4.74 Å². The molecule has 1 rings (SSSR count). The molecule has 0 heterocycles. The molecule has 0 spiro atoms. The number of methoxy groups -OCH3 is 1. The minimum Gasteiger partial charge on any atom is -0.465 e. The summed E-state index contributed by atoms with van der Waals surface area (Å²) in [5.41, 5.74) is 0.591. The lowest BCUT2D eigenvalue weighted by Gasteiger charge is -2.04. The zero-order chi connectivity index (χ0) is 11.3. The van der Waals surface area contributed by atoms with Gasteiger partial charge in [-0.25, -0.2) is 4.79 Å². The minimum atomic E-state index is -0.312. The number of benzene rings is 1. The topological polar surface area (TPSA) is 26.3 Å². The van der Waals surface area contributed by atoms with Crippen molar-refractivity contribution in [2.24, 2.45) is 0 Å². The molecule has 0 aliphatic carbocycles. The Morgan fingerprint density at radius 2 is 2.50 bits per heavy atom. The number of esters is 1. The van der Waals surface area contributed by atoms with E-state index < -0.39 is 0 Å². The van der Waals surface area contributed by atoms with Crippen molar-refractivity contribution in [2.45, 2.75) is 11.8 Å². The highest BCUT2D eigenvalue weighted by Crippen LogP contribution is 2.22. The van der Waals surface area contributed by atoms with Gasteiger partial charge in [-0.15, -0.1) is 11.8 Å². The smallest absolute Gasteiger partial charge is 0.338 e. The van der Waals surface area contributed by atoms with Crippen molar-refractivity contribution < 1.29 is 10.9 Å². The Morgan fingerprint density at radius 1 is 1.71 bits per heavy atom. The number of ether oxygens (including phenoxy) is 1. The highest BCUT2D eigenvalue weighted by Gasteiger charge is 2.10. The summed E-state index contributed by atoms with van der Waals surface area (Å²) in [6.07, 6.45) is 0. The van der Waals surface area contributed by atoms with Gasteiger partial charge in [0.25, 0.3) is 0 Å². The molecule has 1 aromatic rings. The first-order valence-electron chi connectivity index (χ1n) is 4.69. The van der Waals surface area contributed by atoms with Gasteiger partial charge in [-0.2, -0.15) is 0 Å². The SMILES string of the molecule is [3H]CCSc1ccc(I)c(C(=O)OC)c1. The Kier molecular flexibility index (Phi) is 4.12. The van der Waals surface area contributed by atoms with Gasteiger partial charge in [0.1, 0.15) is 0 Å². The van der Waals surface area contributed by atoms with Crippen LogP contribution in [0.4, 0.5) is 0 Å². The molecule has 0 atom stereocenters. The third-order valence-corrected chi connectivity index (χ3v) is 3.34. The average Bonchev–Trinajstić information content (AvgIpc) is 2.27. The van der Waals surface area contributed by atoms with Crippen LogP contribution in [-0.2, 0) is 4.74 Å². The molecule has 0 saturated carbocycles. The molecule has 0 amide bonds. The number of halogens is 1. The summed E-state index contributed by atoms with van der Waals surface area (Å²) in [7, 11) is 1.38. The van der Waals surface area contributed by atoms with Crippen LogP contribution in [-0.4, -0.2) is 18.8 Å². The predicted molar refractivity (Wildman–Crippen MR) is 66.9 cm³/mol. The molecule has 0 aromatic heterocycles. The highest BCUT2D eigenvalue weighted by atomic mass is 127. The Labute approximate surface area is 103 Å². The molecule has 0 bridgehead atoms. The van der Waals surface area contributed by atoms with E-state index in [9.17, 15) is 4.79 Å². The number of carbonyl (C=O) groups is 1. The van der Waals surface area contributed by atoms with Gasteiger partial charge in [0, 0.05) is 9.84 Å². The second-order valence-corrected chi connectivity index (χ2v) is 4.81. The Hall–Kier alpha value is -0.230. The first kappa shape index (κ1) is 10.3. The van der Waals surface area contributed by atoms with Gasteiger partial charge in [0.05, 0.1) is 12.7 Å². The lowest BCUT2D eigenvalue weighted by atomic mass is 10.2. The lowest BCUT2D eigenvalue weighted by molar-refractivity contribution is 0.0599. The molecular weight excluding hydrogens is 311 g/mol. The molecule has 1 aromatic carbocycles. The molecular formula is C10H11IO2S. The van der Waals surface area contributed by atoms with E-state index in [1.54, 1.807) is 11.8 Å². The van der Waals surface area contributed by atoms with Gasteiger partial charge in [-0.05, 0) is 46.5 Å². The summed E-state index contributed by atoms with van der Waals surface area (Å²) < 4.78 is 12.6. The normalized spacial score (nSPS) is 10.9. The summed E-state index contributed by atoms with van der Waals surface area (Å²) in [6, 6.07) is 5.65. The molecule has 0 aliphatic rings. The van der Waals surface area contributed by atoms with Crippen molar-refractivity contribution in [1.82, 2.24) is 0 Å². The molecule has 0 radical (unpaired) electrons. The van der Waals surface area contributed by atoms with Crippen molar-refractivity contribution in [3.8, 4) is 0 Å². The summed E-state index contributed by atoms with van der Waals surface area (Å²) in [5.74, 6) is 0.425. The Bertz CT molecular complexity index is 357. The Balaban J connectivity index is 2.89. The molecule has 76 valence electrons. The van der Waals surface area contributed by atoms with Gasteiger partial charge in [0.15, 0.2) is 0 Å². The van der Waals surface area contributed by atoms with E-state index >= 15 is 0 Å². The maximum absolute atomic E-state index is 11.4. The molecule has 2 nitrogen and oxygen atoms in total. The third kappa shape index (κ3) is 2.88. The lowest BCUT2D eigenvalue weighted by Crippen LogP contribution is -2.03. The second kappa shape index (κ2) is 5.60. The first-order valence-corrected chi connectivity index (χ1v) is 6.05. The van der Waals surface area contributed by atoms with Gasteiger partial charge in [-0.3, -0.25) is 0 Å². The van der Waals surface area contributed by atoms with Crippen LogP contribution in [0.5, 0.6) is 0 Å². The maximum Gasteiger partial charge on any atom is 0.338 e. The van der Waals surface area contributed by atoms with Crippen molar-refractivity contribution >= 4 is 40.3 Å². The number of thioether (sulfide) groups is 1. The van der Waals surface area contributed by atoms with Crippen LogP contribution >= 0.6 is 34.4 Å². The Morgan fingerprint density at radius 3 is 3.14 bits per heavy atom. The monoisotopic (exact) mass is 324 g/mol. The van der Waals surface area contributed by atoms with E-state index in [0.29, 0.717) is 12.5 Å². The first-order chi connectivity index (χ1) is 7.19. The second-order valence-electron chi connectivity index (χ2n) is 2.48. The van der Waals surface area contributed by atoms with Crippen molar-refractivity contribution in [3.05, 3.63) is 27.3 Å². The van der Waals surface area contributed by atoms with Crippen molar-refractivity contribution in [3.63, 3.8) is 0 Å². The van der Waals surface area contributed by atoms with Crippen LogP contribution in [0.25, 0.3) is 0 Å². The maximum atomic E-state index is 11.4. The summed E-state index contributed by atoms with van der Waals surface area (Å²) in [5, 5.41) is 0. The van der Waals surface area contributed by atoms with E-state index in [-0.39, 0.29) is 5.97 Å². The number of hydrogen-bond donors (Lipinski definition) is 0. The van der Waals surface area contributed by atoms with E-state index in [0.717, 1.165) is 14.2 Å². The quantitative estimate of drug-likeness (QED) is 0.485. The third-order valence-electron chi connectivity index (χ3n) is 1.61. The highest BCUT2D eigenvalue weighted by molar-refractivity contribution is 14.1. The van der Waals surface area contributed by atoms with Crippen molar-refractivity contribution in [2.75, 3.05) is 12.9 Å². The zero-order valence-corrected chi connectivity index (χ0v) is 10.7. The number of carbonyl (C=O) groups excluding carboxylic acids is 1. The fourth-order valence-electron chi connectivity index (χ4n) is 0.978. The van der Waals surface area contributed by atoms with Crippen LogP contribution in [0.3, 0.4) is 0 Å². The fraction of sp³-hybridized carbons (Fsp3) is 0.300. The molecule has 0 fully saturated rings. The summed E-state index contributed by atoms with van der Waals surface area (Å²) in [6.45, 7) is 0.379. The summed E-state index contributed by atoms with van der Waals surface area (Å²) >= 11 is 3.68. The van der Waals surface area contributed by atoms with Crippen molar-refractivity contribution in [1.29, 1.82) is 0 Å². The van der Waals surface area contributed by atoms with Gasteiger partial charge in [-0.1, -0.05) is 6.90 Å². The van der Waals surface area contributed by atoms with E-state index in [4.69, 9.17) is 1.37 Å². The van der Waals surface area contributed by atoms with Gasteiger partial charge >= 0.3 is 5.97 Å². The average molecular weight is 324 g/mol. The molecule has 4 heteroatoms. The number of rotatable bonds is 3. The summed E-state index contributed by atoms with van der Waals surface area (Å²) in [4.78, 5) is 12.4. The predicted octanol–water partition coefficient (Wildman–Crippen LogP) is 3.19. The van der Waals surface area contributed by atoms with E-state index in [1.165, 1.54) is 7.11 Å². The van der Waals surface area contributed by atoms with E-state index in [1.807, 2.05) is 18.2 Å². The fourth-order valence-corrected chi connectivity index (χ4v) is 2.14. The molecule has 0 aliphatic heterocycles.